The minimum absolute atomic E-state index is 0.0152. The van der Waals surface area contributed by atoms with E-state index in [4.69, 9.17) is 14.2 Å². The first-order valence-electron chi connectivity index (χ1n) is 11.9. The third-order valence-corrected chi connectivity index (χ3v) is 6.13. The summed E-state index contributed by atoms with van der Waals surface area (Å²) in [6, 6.07) is 9.01. The number of esters is 1. The number of ether oxygens (including phenoxy) is 3. The van der Waals surface area contributed by atoms with Gasteiger partial charge >= 0.3 is 5.97 Å². The Balaban J connectivity index is 1.72. The zero-order valence-electron chi connectivity index (χ0n) is 21.0. The molecule has 1 aromatic carbocycles. The van der Waals surface area contributed by atoms with Crippen LogP contribution in [0.5, 0.6) is 11.5 Å². The fourth-order valence-electron chi connectivity index (χ4n) is 4.20. The van der Waals surface area contributed by atoms with E-state index < -0.39 is 5.97 Å². The van der Waals surface area contributed by atoms with E-state index in [-0.39, 0.29) is 22.8 Å². The molecule has 1 aliphatic heterocycles. The van der Waals surface area contributed by atoms with Crippen LogP contribution < -0.4 is 15.0 Å². The molecule has 35 heavy (non-hydrogen) atoms. The quantitative estimate of drug-likeness (QED) is 0.376. The molecule has 2 heterocycles. The van der Waals surface area contributed by atoms with Crippen LogP contribution in [0.2, 0.25) is 0 Å². The summed E-state index contributed by atoms with van der Waals surface area (Å²) in [7, 11) is 6.87. The van der Waals surface area contributed by atoms with Crippen LogP contribution in [-0.2, 0) is 28.9 Å². The van der Waals surface area contributed by atoms with Gasteiger partial charge in [0.25, 0.3) is 5.56 Å². The van der Waals surface area contributed by atoms with Crippen molar-refractivity contribution >= 4 is 11.9 Å². The van der Waals surface area contributed by atoms with Crippen LogP contribution in [0, 0.1) is 0 Å². The maximum absolute atomic E-state index is 12.9. The second-order valence-corrected chi connectivity index (χ2v) is 8.80. The second-order valence-electron chi connectivity index (χ2n) is 8.80. The number of amides is 1. The third kappa shape index (κ3) is 6.85. The highest BCUT2D eigenvalue weighted by Gasteiger charge is 2.27. The number of pyridine rings is 1. The Kier molecular flexibility index (Phi) is 9.31. The van der Waals surface area contributed by atoms with E-state index in [1.807, 2.05) is 43.3 Å². The van der Waals surface area contributed by atoms with Crippen molar-refractivity contribution in [1.82, 2.24) is 14.4 Å². The van der Waals surface area contributed by atoms with Gasteiger partial charge in [-0.1, -0.05) is 12.1 Å². The van der Waals surface area contributed by atoms with E-state index in [0.29, 0.717) is 51.2 Å². The molecule has 0 spiro atoms. The summed E-state index contributed by atoms with van der Waals surface area (Å²) in [4.78, 5) is 42.3. The second kappa shape index (κ2) is 12.4. The fraction of sp³-hybridized carbons (Fsp3) is 0.500. The van der Waals surface area contributed by atoms with Crippen molar-refractivity contribution in [2.45, 2.75) is 32.2 Å². The zero-order chi connectivity index (χ0) is 25.4. The molecule has 0 unspecified atom stereocenters. The van der Waals surface area contributed by atoms with Crippen molar-refractivity contribution < 1.29 is 23.8 Å². The number of hydrogen-bond acceptors (Lipinski definition) is 7. The molecule has 0 saturated heterocycles. The summed E-state index contributed by atoms with van der Waals surface area (Å²) in [5, 5.41) is 0. The van der Waals surface area contributed by atoms with E-state index >= 15 is 0 Å². The highest BCUT2D eigenvalue weighted by atomic mass is 16.5. The molecule has 2 aromatic rings. The molecule has 0 radical (unpaired) electrons. The van der Waals surface area contributed by atoms with Gasteiger partial charge in [0.2, 0.25) is 5.91 Å². The molecule has 0 aliphatic carbocycles. The van der Waals surface area contributed by atoms with Crippen LogP contribution in [0.1, 0.15) is 34.5 Å². The van der Waals surface area contributed by atoms with Gasteiger partial charge in [-0.05, 0) is 44.6 Å². The van der Waals surface area contributed by atoms with E-state index in [2.05, 4.69) is 0 Å². The molecular weight excluding hydrogens is 450 g/mol. The minimum atomic E-state index is -0.546. The average molecular weight is 486 g/mol. The van der Waals surface area contributed by atoms with Crippen molar-refractivity contribution in [2.75, 3.05) is 54.6 Å². The first-order chi connectivity index (χ1) is 16.8. The molecular formula is C26H35N3O6. The number of fused-ring (bicyclic) bond motifs is 1. The Labute approximate surface area is 206 Å². The summed E-state index contributed by atoms with van der Waals surface area (Å²) < 4.78 is 17.6. The molecule has 1 amide bonds. The Morgan fingerprint density at radius 2 is 1.80 bits per heavy atom. The summed E-state index contributed by atoms with van der Waals surface area (Å²) in [5.74, 6) is 0.487. The minimum Gasteiger partial charge on any atom is -0.497 e. The Hall–Kier alpha value is -3.33. The predicted molar refractivity (Wildman–Crippen MR) is 132 cm³/mol. The molecule has 0 saturated carbocycles. The van der Waals surface area contributed by atoms with Crippen molar-refractivity contribution in [3.05, 3.63) is 57.5 Å². The summed E-state index contributed by atoms with van der Waals surface area (Å²) in [6.45, 7) is 2.33. The molecule has 0 N–H and O–H groups in total. The van der Waals surface area contributed by atoms with Gasteiger partial charge < -0.3 is 28.6 Å². The van der Waals surface area contributed by atoms with E-state index in [0.717, 1.165) is 24.3 Å². The molecule has 0 atom stereocenters. The zero-order valence-corrected chi connectivity index (χ0v) is 21.0. The van der Waals surface area contributed by atoms with E-state index in [1.165, 1.54) is 13.2 Å². The van der Waals surface area contributed by atoms with Crippen LogP contribution >= 0.6 is 0 Å². The maximum atomic E-state index is 12.9. The van der Waals surface area contributed by atoms with Gasteiger partial charge in [-0.3, -0.25) is 9.59 Å². The summed E-state index contributed by atoms with van der Waals surface area (Å²) in [6.07, 6.45) is 2.09. The highest BCUT2D eigenvalue weighted by Crippen LogP contribution is 2.24. The number of methoxy groups -OCH3 is 2. The van der Waals surface area contributed by atoms with E-state index in [1.54, 1.807) is 16.6 Å². The van der Waals surface area contributed by atoms with Crippen molar-refractivity contribution in [3.63, 3.8) is 0 Å². The number of rotatable bonds is 10. The van der Waals surface area contributed by atoms with Crippen LogP contribution in [0.15, 0.2) is 35.1 Å². The molecule has 3 rings (SSSR count). The number of nitrogens with zero attached hydrogens (tertiary/aromatic N) is 3. The molecule has 190 valence electrons. The Morgan fingerprint density at radius 1 is 1.06 bits per heavy atom. The lowest BCUT2D eigenvalue weighted by Crippen LogP contribution is -2.34. The number of benzene rings is 1. The SMILES string of the molecule is COC(=O)c1c(OCCCN(C)C)cc(=O)n2c1CCN(C(=O)CCc1ccc(OC)cc1)CC2. The van der Waals surface area contributed by atoms with Crippen molar-refractivity contribution in [3.8, 4) is 11.5 Å². The van der Waals surface area contributed by atoms with Crippen LogP contribution in [0.3, 0.4) is 0 Å². The molecule has 1 aromatic heterocycles. The van der Waals surface area contributed by atoms with Crippen LogP contribution in [0.4, 0.5) is 0 Å². The molecule has 9 nitrogen and oxygen atoms in total. The lowest BCUT2D eigenvalue weighted by atomic mass is 10.1. The normalized spacial score (nSPS) is 13.2. The van der Waals surface area contributed by atoms with Gasteiger partial charge in [0.1, 0.15) is 17.1 Å². The maximum Gasteiger partial charge on any atom is 0.343 e. The number of aromatic nitrogens is 1. The largest absolute Gasteiger partial charge is 0.497 e. The van der Waals surface area contributed by atoms with Gasteiger partial charge in [-0.25, -0.2) is 4.79 Å². The third-order valence-electron chi connectivity index (χ3n) is 6.13. The number of carbonyl (C=O) groups excluding carboxylic acids is 2. The summed E-state index contributed by atoms with van der Waals surface area (Å²) >= 11 is 0. The monoisotopic (exact) mass is 485 g/mol. The van der Waals surface area contributed by atoms with Gasteiger partial charge in [-0.2, -0.15) is 0 Å². The average Bonchev–Trinajstić information content (AvgIpc) is 3.08. The van der Waals surface area contributed by atoms with E-state index in [9.17, 15) is 14.4 Å². The first kappa shape index (κ1) is 26.3. The van der Waals surface area contributed by atoms with Crippen molar-refractivity contribution in [1.29, 1.82) is 0 Å². The van der Waals surface area contributed by atoms with Gasteiger partial charge in [-0.15, -0.1) is 0 Å². The lowest BCUT2D eigenvalue weighted by molar-refractivity contribution is -0.131. The van der Waals surface area contributed by atoms with Crippen LogP contribution in [-0.4, -0.2) is 80.8 Å². The number of carbonyl (C=O) groups is 2. The van der Waals surface area contributed by atoms with Crippen LogP contribution in [0.25, 0.3) is 0 Å². The smallest absolute Gasteiger partial charge is 0.343 e. The molecule has 1 aliphatic rings. The van der Waals surface area contributed by atoms with Gasteiger partial charge in [0, 0.05) is 50.8 Å². The highest BCUT2D eigenvalue weighted by molar-refractivity contribution is 5.93. The standard InChI is InChI=1S/C26H35N3O6/c1-27(2)13-5-17-35-22-18-24(31)29-16-15-28(14-12-21(29)25(22)26(32)34-4)23(30)11-8-19-6-9-20(33-3)10-7-19/h6-7,9-10,18H,5,8,11-17H2,1-4H3. The number of hydrogen-bond donors (Lipinski definition) is 0. The lowest BCUT2D eigenvalue weighted by Gasteiger charge is -2.20. The molecule has 0 fully saturated rings. The van der Waals surface area contributed by atoms with Crippen molar-refractivity contribution in [2.24, 2.45) is 0 Å². The van der Waals surface area contributed by atoms with Gasteiger partial charge in [0.05, 0.1) is 20.8 Å². The molecule has 9 heteroatoms. The Bertz CT molecular complexity index is 1080. The summed E-state index contributed by atoms with van der Waals surface area (Å²) in [5.41, 5.74) is 1.63. The molecule has 0 bridgehead atoms. The Morgan fingerprint density at radius 3 is 2.46 bits per heavy atom. The topological polar surface area (TPSA) is 90.3 Å². The fourth-order valence-corrected chi connectivity index (χ4v) is 4.20. The first-order valence-corrected chi connectivity index (χ1v) is 11.9. The number of aryl methyl sites for hydroxylation is 1. The predicted octanol–water partition coefficient (Wildman–Crippen LogP) is 1.99. The van der Waals surface area contributed by atoms with Gasteiger partial charge in [0.15, 0.2) is 0 Å².